The lowest BCUT2D eigenvalue weighted by Crippen LogP contribution is -2.50. The number of hydrogen-bond donors (Lipinski definition) is 1. The number of aromatic nitrogens is 1. The molecule has 0 amide bonds. The topological polar surface area (TPSA) is 31.4 Å². The second kappa shape index (κ2) is 7.56. The molecule has 1 N–H and O–H groups in total. The van der Waals surface area contributed by atoms with Gasteiger partial charge in [-0.1, -0.05) is 20.8 Å². The van der Waals surface area contributed by atoms with Crippen LogP contribution in [0, 0.1) is 0 Å². The van der Waals surface area contributed by atoms with Crippen molar-refractivity contribution in [1.29, 1.82) is 0 Å². The van der Waals surface area contributed by atoms with Gasteiger partial charge in [-0.2, -0.15) is 0 Å². The molecule has 0 bridgehead atoms. The van der Waals surface area contributed by atoms with Crippen LogP contribution in [0.5, 0.6) is 0 Å². The zero-order valence-corrected chi connectivity index (χ0v) is 15.0. The molecule has 1 saturated heterocycles. The van der Waals surface area contributed by atoms with Gasteiger partial charge in [0.05, 0.1) is 5.69 Å². The first-order valence-corrected chi connectivity index (χ1v) is 9.00. The summed E-state index contributed by atoms with van der Waals surface area (Å²) < 4.78 is 0. The molecule has 1 atom stereocenters. The summed E-state index contributed by atoms with van der Waals surface area (Å²) in [6.45, 7) is 14.4. The van der Waals surface area contributed by atoms with Crippen LogP contribution in [-0.2, 0) is 6.54 Å². The van der Waals surface area contributed by atoms with Gasteiger partial charge in [-0.25, -0.2) is 4.98 Å². The van der Waals surface area contributed by atoms with Gasteiger partial charge in [0, 0.05) is 37.1 Å². The van der Waals surface area contributed by atoms with Crippen molar-refractivity contribution in [3.05, 3.63) is 10.6 Å². The summed E-state index contributed by atoms with van der Waals surface area (Å²) in [7, 11) is 2.20. The molecule has 0 aliphatic carbocycles. The lowest BCUT2D eigenvalue weighted by atomic mass is 10.1. The first-order chi connectivity index (χ1) is 10.0. The van der Waals surface area contributed by atoms with Gasteiger partial charge in [-0.15, -0.1) is 11.3 Å². The molecule has 1 aromatic rings. The molecule has 2 heterocycles. The first kappa shape index (κ1) is 16.7. The monoisotopic (exact) mass is 310 g/mol. The molecule has 21 heavy (non-hydrogen) atoms. The maximum Gasteiger partial charge on any atom is 0.186 e. The largest absolute Gasteiger partial charge is 0.343 e. The highest BCUT2D eigenvalue weighted by atomic mass is 32.1. The molecule has 0 aromatic carbocycles. The molecular weight excluding hydrogens is 280 g/mol. The Kier molecular flexibility index (Phi) is 6.02. The lowest BCUT2D eigenvalue weighted by Gasteiger charge is -2.38. The summed E-state index contributed by atoms with van der Waals surface area (Å²) in [6, 6.07) is 0.548. The minimum absolute atomic E-state index is 0.496. The lowest BCUT2D eigenvalue weighted by molar-refractivity contribution is 0.275. The summed E-state index contributed by atoms with van der Waals surface area (Å²) in [4.78, 5) is 11.3. The third kappa shape index (κ3) is 4.18. The van der Waals surface area contributed by atoms with Crippen LogP contribution in [0.2, 0.25) is 0 Å². The van der Waals surface area contributed by atoms with E-state index < -0.39 is 0 Å². The first-order valence-electron chi connectivity index (χ1n) is 8.18. The Labute approximate surface area is 133 Å². The number of anilines is 1. The zero-order chi connectivity index (χ0) is 15.4. The van der Waals surface area contributed by atoms with Crippen LogP contribution in [0.1, 0.15) is 50.6 Å². The maximum absolute atomic E-state index is 4.97. The van der Waals surface area contributed by atoms with Gasteiger partial charge in [0.15, 0.2) is 5.13 Å². The minimum atomic E-state index is 0.496. The minimum Gasteiger partial charge on any atom is -0.343 e. The van der Waals surface area contributed by atoms with Gasteiger partial charge in [0.2, 0.25) is 0 Å². The average Bonchev–Trinajstić information content (AvgIpc) is 2.83. The molecule has 120 valence electrons. The van der Waals surface area contributed by atoms with Crippen molar-refractivity contribution in [3.63, 3.8) is 0 Å². The van der Waals surface area contributed by atoms with Gasteiger partial charge in [0.25, 0.3) is 0 Å². The van der Waals surface area contributed by atoms with Crippen molar-refractivity contribution in [3.8, 4) is 0 Å². The van der Waals surface area contributed by atoms with E-state index in [2.05, 4.69) is 49.9 Å². The third-order valence-corrected chi connectivity index (χ3v) is 5.16. The smallest absolute Gasteiger partial charge is 0.186 e. The number of nitrogens with zero attached hydrogens (tertiary/aromatic N) is 3. The van der Waals surface area contributed by atoms with Crippen molar-refractivity contribution in [2.45, 2.75) is 52.6 Å². The van der Waals surface area contributed by atoms with E-state index in [4.69, 9.17) is 4.98 Å². The fourth-order valence-electron chi connectivity index (χ4n) is 2.85. The third-order valence-electron chi connectivity index (χ3n) is 4.05. The molecule has 1 aromatic heterocycles. The average molecular weight is 311 g/mol. The van der Waals surface area contributed by atoms with E-state index in [9.17, 15) is 0 Å². The molecule has 4 nitrogen and oxygen atoms in total. The number of piperazine rings is 1. The van der Waals surface area contributed by atoms with E-state index in [0.717, 1.165) is 32.7 Å². The van der Waals surface area contributed by atoms with E-state index in [1.807, 2.05) is 11.3 Å². The number of likely N-dealkylation sites (N-methyl/N-ethyl adjacent to an activating group) is 1. The van der Waals surface area contributed by atoms with Crippen molar-refractivity contribution in [1.82, 2.24) is 15.2 Å². The highest BCUT2D eigenvalue weighted by molar-refractivity contribution is 7.15. The summed E-state index contributed by atoms with van der Waals surface area (Å²) in [6.07, 6.45) is 1.18. The van der Waals surface area contributed by atoms with E-state index in [-0.39, 0.29) is 0 Å². The molecule has 1 fully saturated rings. The summed E-state index contributed by atoms with van der Waals surface area (Å²) >= 11 is 1.88. The van der Waals surface area contributed by atoms with E-state index in [1.165, 1.54) is 22.1 Å². The summed E-state index contributed by atoms with van der Waals surface area (Å²) in [5.74, 6) is 0.496. The Balaban J connectivity index is 2.14. The summed E-state index contributed by atoms with van der Waals surface area (Å²) in [5.41, 5.74) is 1.28. The molecule has 1 unspecified atom stereocenters. The molecule has 2 rings (SSSR count). The van der Waals surface area contributed by atoms with Crippen LogP contribution in [0.15, 0.2) is 0 Å². The van der Waals surface area contributed by atoms with Crippen molar-refractivity contribution in [2.75, 3.05) is 38.1 Å². The molecule has 1 aliphatic heterocycles. The SMILES string of the molecule is CCCNCc1sc(N2CCN(C)CC2C)nc1C(C)C. The van der Waals surface area contributed by atoms with Gasteiger partial charge in [-0.05, 0) is 32.9 Å². The van der Waals surface area contributed by atoms with Crippen molar-refractivity contribution >= 4 is 16.5 Å². The van der Waals surface area contributed by atoms with E-state index >= 15 is 0 Å². The van der Waals surface area contributed by atoms with Gasteiger partial charge >= 0.3 is 0 Å². The van der Waals surface area contributed by atoms with Crippen LogP contribution in [-0.4, -0.2) is 49.2 Å². The molecular formula is C16H30N4S. The Morgan fingerprint density at radius 2 is 2.14 bits per heavy atom. The Hall–Kier alpha value is -0.650. The van der Waals surface area contributed by atoms with Crippen molar-refractivity contribution < 1.29 is 0 Å². The Morgan fingerprint density at radius 3 is 2.76 bits per heavy atom. The standard InChI is InChI=1S/C16H30N4S/c1-6-7-17-10-14-15(12(2)3)18-16(21-14)20-9-8-19(5)11-13(20)4/h12-13,17H,6-11H2,1-5H3. The predicted molar refractivity (Wildman–Crippen MR) is 92.5 cm³/mol. The van der Waals surface area contributed by atoms with Crippen LogP contribution in [0.3, 0.4) is 0 Å². The van der Waals surface area contributed by atoms with Crippen LogP contribution in [0.4, 0.5) is 5.13 Å². The Bertz CT molecular complexity index is 443. The fraction of sp³-hybridized carbons (Fsp3) is 0.812. The number of nitrogens with one attached hydrogen (secondary N) is 1. The van der Waals surface area contributed by atoms with E-state index in [0.29, 0.717) is 12.0 Å². The predicted octanol–water partition coefficient (Wildman–Crippen LogP) is 2.91. The maximum atomic E-state index is 4.97. The summed E-state index contributed by atoms with van der Waals surface area (Å²) in [5, 5.41) is 4.74. The molecule has 1 aliphatic rings. The normalized spacial score (nSPS) is 20.5. The Morgan fingerprint density at radius 1 is 1.38 bits per heavy atom. The zero-order valence-electron chi connectivity index (χ0n) is 14.1. The number of hydrogen-bond acceptors (Lipinski definition) is 5. The quantitative estimate of drug-likeness (QED) is 0.819. The van der Waals surface area contributed by atoms with Gasteiger partial charge in [-0.3, -0.25) is 0 Å². The fourth-order valence-corrected chi connectivity index (χ4v) is 4.17. The molecule has 5 heteroatoms. The van der Waals surface area contributed by atoms with Gasteiger partial charge in [0.1, 0.15) is 0 Å². The highest BCUT2D eigenvalue weighted by Crippen LogP contribution is 2.32. The van der Waals surface area contributed by atoms with Gasteiger partial charge < -0.3 is 15.1 Å². The number of thiazole rings is 1. The second-order valence-corrected chi connectivity index (χ2v) is 7.50. The van der Waals surface area contributed by atoms with Crippen LogP contribution >= 0.6 is 11.3 Å². The molecule has 0 saturated carbocycles. The van der Waals surface area contributed by atoms with E-state index in [1.54, 1.807) is 0 Å². The van der Waals surface area contributed by atoms with Crippen LogP contribution < -0.4 is 10.2 Å². The second-order valence-electron chi connectivity index (χ2n) is 6.44. The molecule has 0 spiro atoms. The molecule has 0 radical (unpaired) electrons. The van der Waals surface area contributed by atoms with Crippen LogP contribution in [0.25, 0.3) is 0 Å². The highest BCUT2D eigenvalue weighted by Gasteiger charge is 2.25. The van der Waals surface area contributed by atoms with Crippen molar-refractivity contribution in [2.24, 2.45) is 0 Å². The number of rotatable bonds is 6.